The first-order valence-corrected chi connectivity index (χ1v) is 30.9. The number of ether oxygens (including phenoxy) is 3. The zero-order valence-corrected chi connectivity index (χ0v) is 52.2. The van der Waals surface area contributed by atoms with Crippen molar-refractivity contribution in [2.75, 3.05) is 60.5 Å². The van der Waals surface area contributed by atoms with Crippen molar-refractivity contribution < 1.29 is 33.4 Å². The van der Waals surface area contributed by atoms with Crippen LogP contribution in [0.4, 0.5) is 22.7 Å². The Balaban J connectivity index is 0.631. The first-order valence-electron chi connectivity index (χ1n) is 28.9. The van der Waals surface area contributed by atoms with Crippen LogP contribution in [0.15, 0.2) is 139 Å². The van der Waals surface area contributed by atoms with Gasteiger partial charge in [-0.2, -0.15) is 0 Å². The quantitative estimate of drug-likeness (QED) is 0.0214. The molecule has 21 nitrogen and oxygen atoms in total. The topological polar surface area (TPSA) is 261 Å². The van der Waals surface area contributed by atoms with E-state index in [9.17, 15) is 19.2 Å². The van der Waals surface area contributed by atoms with Gasteiger partial charge in [0.15, 0.2) is 5.16 Å². The van der Waals surface area contributed by atoms with Crippen molar-refractivity contribution in [2.24, 2.45) is 0 Å². The van der Waals surface area contributed by atoms with E-state index in [0.717, 1.165) is 33.5 Å². The Hall–Kier alpha value is -9.03. The lowest BCUT2D eigenvalue weighted by molar-refractivity contribution is -0.119. The lowest BCUT2D eigenvalue weighted by atomic mass is 9.65. The molecule has 0 fully saturated rings. The molecule has 0 unspecified atom stereocenters. The Labute approximate surface area is 519 Å². The number of rotatable bonds is 24. The number of nitrogens with zero attached hydrogens (tertiary/aromatic N) is 9. The summed E-state index contributed by atoms with van der Waals surface area (Å²) in [5, 5.41) is 30.2. The summed E-state index contributed by atoms with van der Waals surface area (Å²) < 4.78 is 21.1. The van der Waals surface area contributed by atoms with Gasteiger partial charge in [0.05, 0.1) is 81.8 Å². The number of carbonyl (C=O) groups excluding carboxylic acids is 4. The predicted molar refractivity (Wildman–Crippen MR) is 344 cm³/mol. The van der Waals surface area contributed by atoms with E-state index < -0.39 is 16.5 Å². The number of benzene rings is 5. The van der Waals surface area contributed by atoms with Crippen LogP contribution in [0.5, 0.6) is 5.75 Å². The van der Waals surface area contributed by atoms with Gasteiger partial charge in [-0.25, -0.2) is 19.3 Å². The molecule has 0 saturated heterocycles. The zero-order chi connectivity index (χ0) is 62.2. The zero-order valence-electron chi connectivity index (χ0n) is 50.5. The molecule has 0 radical (unpaired) electrons. The molecule has 1 aliphatic rings. The molecule has 0 bridgehead atoms. The molecule has 9 aromatic rings. The van der Waals surface area contributed by atoms with Gasteiger partial charge in [-0.05, 0) is 124 Å². The van der Waals surface area contributed by atoms with Crippen LogP contribution in [-0.2, 0) is 50.7 Å². The lowest BCUT2D eigenvalue weighted by Crippen LogP contribution is -2.55. The number of nitrogens with one attached hydrogen (secondary N) is 4. The molecular formula is C65H72N14O7S2. The maximum Gasteiger partial charge on any atom is 0.263 e. The van der Waals surface area contributed by atoms with Crippen LogP contribution in [-0.4, -0.2) is 114 Å². The molecule has 5 aromatic carbocycles. The van der Waals surface area contributed by atoms with Crippen molar-refractivity contribution in [2.45, 2.75) is 103 Å². The number of amides is 4. The number of fused-ring (bicyclic) bond motifs is 2. The monoisotopic (exact) mass is 1220 g/mol. The van der Waals surface area contributed by atoms with Gasteiger partial charge in [0, 0.05) is 51.6 Å². The molecule has 0 saturated carbocycles. The van der Waals surface area contributed by atoms with E-state index in [2.05, 4.69) is 79.8 Å². The number of nitrogen functional groups attached to an aromatic ring is 1. The minimum Gasteiger partial charge on any atom is -0.487 e. The van der Waals surface area contributed by atoms with E-state index in [4.69, 9.17) is 24.9 Å². The second kappa shape index (κ2) is 26.9. The van der Waals surface area contributed by atoms with E-state index in [1.165, 1.54) is 23.1 Å². The van der Waals surface area contributed by atoms with Crippen LogP contribution in [0.3, 0.4) is 0 Å². The average Bonchev–Trinajstić information content (AvgIpc) is 1.37. The summed E-state index contributed by atoms with van der Waals surface area (Å²) in [4.78, 5) is 65.1. The third-order valence-electron chi connectivity index (χ3n) is 14.9. The molecule has 0 aliphatic carbocycles. The summed E-state index contributed by atoms with van der Waals surface area (Å²) in [6.45, 7) is 16.6. The Morgan fingerprint density at radius 3 is 2.09 bits per heavy atom. The number of carbonyl (C=O) groups is 4. The van der Waals surface area contributed by atoms with Crippen molar-refractivity contribution in [3.8, 4) is 28.1 Å². The summed E-state index contributed by atoms with van der Waals surface area (Å²) >= 11 is 2.63. The molecule has 4 aromatic heterocycles. The highest BCUT2D eigenvalue weighted by Crippen LogP contribution is 2.51. The molecule has 10 rings (SSSR count). The van der Waals surface area contributed by atoms with Crippen molar-refractivity contribution >= 4 is 79.7 Å². The molecule has 1 atom stereocenters. The van der Waals surface area contributed by atoms with Crippen LogP contribution in [0.1, 0.15) is 97.4 Å². The molecule has 6 N–H and O–H groups in total. The standard InChI is InChI=1S/C65H72N14O7S2/c1-41(80)79-53-26-23-48(69-59(82)44-19-17-43(18-20-44)42-13-10-9-11-14-42)34-52(53)65(7,40-64(79,5)6)46-21-24-51(25-22-46)86-39-50-38-78(76-74-50)28-30-85-32-31-84-29-27-77-37-49(73-75-77)35-68-54(81)36-67-47-16-12-15-45(33-47)57-55-56(66)58(60(83)72-63(2,3)4)88-61(55)71-62(70-57)87-8/h9-26,33-34,37-38,67H,27-32,35-36,39-40,66H2,1-8H3,(H,68,81)(H,69,82)(H,72,83)/t65-/m0/s1. The molecule has 88 heavy (non-hydrogen) atoms. The SMILES string of the molecule is CSc1nc(-c2cccc(NCC(=O)NCc3cn(CCOCCOCCn4cc(COc5ccc([C@]6(C)CC(C)(C)N(C(C)=O)c7ccc(NC(=O)c8ccc(-c9ccccc9)cc8)cc76)cc5)nn4)nn3)c2)c2c(N)c(C(=O)NC(C)(C)C)sc2n1. The Morgan fingerprint density at radius 1 is 0.739 bits per heavy atom. The maximum atomic E-state index is 13.6. The van der Waals surface area contributed by atoms with Crippen LogP contribution < -0.4 is 36.6 Å². The first kappa shape index (κ1) is 62.0. The van der Waals surface area contributed by atoms with E-state index in [1.807, 2.05) is 147 Å². The summed E-state index contributed by atoms with van der Waals surface area (Å²) in [6, 6.07) is 38.9. The molecule has 4 amide bonds. The molecule has 23 heteroatoms. The Bertz CT molecular complexity index is 3960. The van der Waals surface area contributed by atoms with Gasteiger partial charge in [-0.1, -0.05) is 95.8 Å². The third-order valence-corrected chi connectivity index (χ3v) is 16.5. The average molecular weight is 1230 g/mol. The van der Waals surface area contributed by atoms with Crippen molar-refractivity contribution in [1.82, 2.24) is 50.6 Å². The fourth-order valence-corrected chi connectivity index (χ4v) is 12.4. The Kier molecular flexibility index (Phi) is 19.0. The highest BCUT2D eigenvalue weighted by molar-refractivity contribution is 7.98. The van der Waals surface area contributed by atoms with E-state index in [-0.39, 0.29) is 43.3 Å². The van der Waals surface area contributed by atoms with Gasteiger partial charge < -0.3 is 46.1 Å². The molecular weight excluding hydrogens is 1150 g/mol. The minimum atomic E-state index is -0.527. The predicted octanol–water partition coefficient (Wildman–Crippen LogP) is 10.2. The van der Waals surface area contributed by atoms with E-state index in [1.54, 1.807) is 22.5 Å². The fraction of sp³-hybridized carbons (Fsp3) is 0.323. The fourth-order valence-electron chi connectivity index (χ4n) is 11.0. The van der Waals surface area contributed by atoms with Gasteiger partial charge in [-0.15, -0.1) is 21.5 Å². The minimum absolute atomic E-state index is 0.00970. The smallest absolute Gasteiger partial charge is 0.263 e. The van der Waals surface area contributed by atoms with Crippen LogP contribution >= 0.6 is 23.1 Å². The first-order chi connectivity index (χ1) is 42.2. The summed E-state index contributed by atoms with van der Waals surface area (Å²) in [5.74, 6) is -0.107. The lowest BCUT2D eigenvalue weighted by Gasteiger charge is -2.51. The number of anilines is 4. The molecule has 0 spiro atoms. The van der Waals surface area contributed by atoms with Gasteiger partial charge in [0.25, 0.3) is 11.8 Å². The Morgan fingerprint density at radius 2 is 1.41 bits per heavy atom. The van der Waals surface area contributed by atoms with E-state index >= 15 is 0 Å². The molecule has 1 aliphatic heterocycles. The highest BCUT2D eigenvalue weighted by Gasteiger charge is 2.47. The van der Waals surface area contributed by atoms with Gasteiger partial charge in [0.2, 0.25) is 11.8 Å². The number of aromatic nitrogens is 8. The van der Waals surface area contributed by atoms with Crippen molar-refractivity contribution in [3.63, 3.8) is 0 Å². The van der Waals surface area contributed by atoms with Gasteiger partial charge >= 0.3 is 0 Å². The van der Waals surface area contributed by atoms with Gasteiger partial charge in [0.1, 0.15) is 33.5 Å². The summed E-state index contributed by atoms with van der Waals surface area (Å²) in [6.07, 6.45) is 6.12. The normalized spacial score (nSPS) is 14.5. The third kappa shape index (κ3) is 14.8. The number of nitrogens with two attached hydrogens (primary N) is 1. The van der Waals surface area contributed by atoms with Crippen LogP contribution in [0.25, 0.3) is 32.6 Å². The second-order valence-corrected chi connectivity index (χ2v) is 25.1. The molecule has 456 valence electrons. The number of hydrogen-bond donors (Lipinski definition) is 5. The van der Waals surface area contributed by atoms with Crippen molar-refractivity contribution in [3.05, 3.63) is 167 Å². The number of hydrogen-bond acceptors (Lipinski definition) is 17. The molecule has 5 heterocycles. The summed E-state index contributed by atoms with van der Waals surface area (Å²) in [5.41, 5.74) is 14.8. The van der Waals surface area contributed by atoms with Crippen molar-refractivity contribution in [1.29, 1.82) is 0 Å². The second-order valence-electron chi connectivity index (χ2n) is 23.3. The number of thioether (sulfide) groups is 1. The van der Waals surface area contributed by atoms with E-state index in [0.29, 0.717) is 112 Å². The van der Waals surface area contributed by atoms with Crippen LogP contribution in [0, 0.1) is 0 Å². The highest BCUT2D eigenvalue weighted by atomic mass is 32.2. The maximum absolute atomic E-state index is 13.6. The van der Waals surface area contributed by atoms with Crippen LogP contribution in [0.2, 0.25) is 0 Å². The largest absolute Gasteiger partial charge is 0.487 e. The summed E-state index contributed by atoms with van der Waals surface area (Å²) in [7, 11) is 0. The van der Waals surface area contributed by atoms with Gasteiger partial charge in [-0.3, -0.25) is 19.2 Å². The number of thiophene rings is 1.